The summed E-state index contributed by atoms with van der Waals surface area (Å²) in [6.45, 7) is 4.00. The van der Waals surface area contributed by atoms with E-state index in [9.17, 15) is 0 Å². The molecule has 0 bridgehead atoms. The van der Waals surface area contributed by atoms with Gasteiger partial charge in [0.05, 0.1) is 11.6 Å². The molecule has 0 fully saturated rings. The molecule has 2 N–H and O–H groups in total. The summed E-state index contributed by atoms with van der Waals surface area (Å²) in [6.07, 6.45) is 0. The molecule has 0 heterocycles. The monoisotopic (exact) mass is 274 g/mol. The number of aryl methyl sites for hydroxylation is 1. The van der Waals surface area contributed by atoms with E-state index in [2.05, 4.69) is 20.9 Å². The number of halogens is 2. The van der Waals surface area contributed by atoms with E-state index < -0.39 is 0 Å². The average molecular weight is 276 g/mol. The summed E-state index contributed by atoms with van der Waals surface area (Å²) in [5.74, 6) is 0.692. The first-order valence-corrected chi connectivity index (χ1v) is 5.53. The number of benzene rings is 1. The highest BCUT2D eigenvalue weighted by molar-refractivity contribution is 9.10. The number of nitrogens with two attached hydrogens (primary N) is 1. The Balaban J connectivity index is 3.21. The van der Waals surface area contributed by atoms with Crippen molar-refractivity contribution >= 4 is 39.1 Å². The van der Waals surface area contributed by atoms with Gasteiger partial charge in [0.15, 0.2) is 0 Å². The lowest BCUT2D eigenvalue weighted by atomic mass is 10.1. The fourth-order valence-electron chi connectivity index (χ4n) is 1.10. The second kappa shape index (κ2) is 4.80. The molecule has 0 aromatic heterocycles. The summed E-state index contributed by atoms with van der Waals surface area (Å²) in [5, 5.41) is 0. The molecule has 0 amide bonds. The third-order valence-corrected chi connectivity index (χ3v) is 2.96. The molecule has 0 unspecified atom stereocenters. The fraction of sp³-hybridized carbons (Fsp3) is 0.300. The summed E-state index contributed by atoms with van der Waals surface area (Å²) in [4.78, 5) is 4.23. The van der Waals surface area contributed by atoms with E-state index in [-0.39, 0.29) is 5.88 Å². The lowest BCUT2D eigenvalue weighted by Gasteiger charge is -2.05. The molecule has 0 aliphatic carbocycles. The first kappa shape index (κ1) is 11.5. The third kappa shape index (κ3) is 2.72. The first-order chi connectivity index (χ1) is 6.54. The van der Waals surface area contributed by atoms with E-state index in [1.807, 2.05) is 26.0 Å². The fourth-order valence-corrected chi connectivity index (χ4v) is 1.72. The molecule has 14 heavy (non-hydrogen) atoms. The minimum absolute atomic E-state index is 0.255. The topological polar surface area (TPSA) is 38.4 Å². The molecule has 0 atom stereocenters. The van der Waals surface area contributed by atoms with Gasteiger partial charge in [0.25, 0.3) is 0 Å². The second-order valence-electron chi connectivity index (χ2n) is 3.13. The van der Waals surface area contributed by atoms with Gasteiger partial charge in [0, 0.05) is 4.47 Å². The van der Waals surface area contributed by atoms with Crippen LogP contribution in [0.2, 0.25) is 0 Å². The maximum absolute atomic E-state index is 5.58. The maximum Gasteiger partial charge on any atom is 0.115 e. The first-order valence-electron chi connectivity index (χ1n) is 4.20. The highest BCUT2D eigenvalue weighted by atomic mass is 79.9. The minimum Gasteiger partial charge on any atom is -0.386 e. The lowest BCUT2D eigenvalue weighted by molar-refractivity contribution is 1.31. The predicted octanol–water partition coefficient (Wildman–Crippen LogP) is 3.29. The Labute approximate surface area is 97.3 Å². The predicted molar refractivity (Wildman–Crippen MR) is 65.6 cm³/mol. The number of aliphatic imine (C=N–C) groups is 1. The molecule has 0 aliphatic heterocycles. The number of rotatable bonds is 2. The van der Waals surface area contributed by atoms with Gasteiger partial charge in [0.2, 0.25) is 0 Å². The van der Waals surface area contributed by atoms with Gasteiger partial charge in [-0.1, -0.05) is 15.9 Å². The summed E-state index contributed by atoms with van der Waals surface area (Å²) >= 11 is 9.03. The zero-order chi connectivity index (χ0) is 10.7. The Bertz CT molecular complexity index is 375. The summed E-state index contributed by atoms with van der Waals surface area (Å²) < 4.78 is 1.04. The Morgan fingerprint density at radius 2 is 2.14 bits per heavy atom. The Morgan fingerprint density at radius 3 is 2.71 bits per heavy atom. The van der Waals surface area contributed by atoms with Crippen LogP contribution in [0.15, 0.2) is 21.6 Å². The molecule has 0 aliphatic rings. The number of alkyl halides is 1. The maximum atomic E-state index is 5.58. The second-order valence-corrected chi connectivity index (χ2v) is 4.25. The van der Waals surface area contributed by atoms with Crippen LogP contribution in [0.3, 0.4) is 0 Å². The molecule has 0 radical (unpaired) electrons. The zero-order valence-electron chi connectivity index (χ0n) is 8.14. The van der Waals surface area contributed by atoms with Gasteiger partial charge in [-0.15, -0.1) is 11.6 Å². The molecule has 0 saturated carbocycles. The summed E-state index contributed by atoms with van der Waals surface area (Å²) in [7, 11) is 0. The van der Waals surface area contributed by atoms with Crippen LogP contribution in [0.5, 0.6) is 0 Å². The highest BCUT2D eigenvalue weighted by Gasteiger charge is 2.03. The van der Waals surface area contributed by atoms with Gasteiger partial charge < -0.3 is 5.73 Å². The van der Waals surface area contributed by atoms with E-state index in [0.717, 1.165) is 21.3 Å². The molecule has 0 spiro atoms. The van der Waals surface area contributed by atoms with Crippen molar-refractivity contribution < 1.29 is 0 Å². The van der Waals surface area contributed by atoms with Crippen molar-refractivity contribution in [1.29, 1.82) is 0 Å². The molecular weight excluding hydrogens is 263 g/mol. The zero-order valence-corrected chi connectivity index (χ0v) is 10.5. The Morgan fingerprint density at radius 1 is 1.50 bits per heavy atom. The van der Waals surface area contributed by atoms with E-state index in [1.54, 1.807) is 0 Å². The molecule has 1 aromatic carbocycles. The lowest BCUT2D eigenvalue weighted by Crippen LogP contribution is -2.12. The number of hydrogen-bond acceptors (Lipinski definition) is 1. The molecule has 0 saturated heterocycles. The van der Waals surface area contributed by atoms with Crippen molar-refractivity contribution in [1.82, 2.24) is 0 Å². The molecule has 4 heteroatoms. The van der Waals surface area contributed by atoms with Crippen LogP contribution < -0.4 is 5.73 Å². The molecular formula is C10H12BrClN2. The van der Waals surface area contributed by atoms with Gasteiger partial charge in [0.1, 0.15) is 5.84 Å². The Hall–Kier alpha value is -0.540. The van der Waals surface area contributed by atoms with Crippen LogP contribution in [-0.2, 0) is 0 Å². The normalized spacial score (nSPS) is 11.9. The minimum atomic E-state index is 0.255. The van der Waals surface area contributed by atoms with Crippen molar-refractivity contribution in [3.8, 4) is 0 Å². The molecule has 1 rings (SSSR count). The van der Waals surface area contributed by atoms with Crippen LogP contribution in [0.25, 0.3) is 0 Å². The van der Waals surface area contributed by atoms with Crippen LogP contribution in [-0.4, -0.2) is 11.7 Å². The average Bonchev–Trinajstić information content (AvgIpc) is 2.13. The van der Waals surface area contributed by atoms with Crippen molar-refractivity contribution in [3.05, 3.63) is 27.7 Å². The standard InChI is InChI=1S/C10H12BrClN2/c1-6-3-8(11)7(2)9(4-6)14-10(13)5-12/h3-4H,5H2,1-2H3,(H2,13,14). The van der Waals surface area contributed by atoms with Crippen molar-refractivity contribution in [2.24, 2.45) is 10.7 Å². The quantitative estimate of drug-likeness (QED) is 0.502. The van der Waals surface area contributed by atoms with Crippen LogP contribution in [0, 0.1) is 13.8 Å². The molecule has 1 aromatic rings. The van der Waals surface area contributed by atoms with Crippen LogP contribution in [0.4, 0.5) is 5.69 Å². The van der Waals surface area contributed by atoms with Gasteiger partial charge in [-0.3, -0.25) is 0 Å². The smallest absolute Gasteiger partial charge is 0.115 e. The van der Waals surface area contributed by atoms with E-state index in [1.165, 1.54) is 0 Å². The van der Waals surface area contributed by atoms with Crippen LogP contribution >= 0.6 is 27.5 Å². The third-order valence-electron chi connectivity index (χ3n) is 1.86. The highest BCUT2D eigenvalue weighted by Crippen LogP contribution is 2.28. The van der Waals surface area contributed by atoms with E-state index in [0.29, 0.717) is 5.84 Å². The molecule has 76 valence electrons. The summed E-state index contributed by atoms with van der Waals surface area (Å²) in [5.41, 5.74) is 8.66. The van der Waals surface area contributed by atoms with Crippen molar-refractivity contribution in [3.63, 3.8) is 0 Å². The van der Waals surface area contributed by atoms with Crippen molar-refractivity contribution in [2.75, 3.05) is 5.88 Å². The van der Waals surface area contributed by atoms with Gasteiger partial charge in [-0.05, 0) is 37.1 Å². The SMILES string of the molecule is Cc1cc(Br)c(C)c(N=C(N)CCl)c1. The number of amidine groups is 1. The van der Waals surface area contributed by atoms with Gasteiger partial charge >= 0.3 is 0 Å². The van der Waals surface area contributed by atoms with Gasteiger partial charge in [-0.25, -0.2) is 4.99 Å². The largest absolute Gasteiger partial charge is 0.386 e. The van der Waals surface area contributed by atoms with E-state index in [4.69, 9.17) is 17.3 Å². The van der Waals surface area contributed by atoms with Gasteiger partial charge in [-0.2, -0.15) is 0 Å². The van der Waals surface area contributed by atoms with Crippen LogP contribution in [0.1, 0.15) is 11.1 Å². The van der Waals surface area contributed by atoms with Crippen molar-refractivity contribution in [2.45, 2.75) is 13.8 Å². The number of nitrogens with zero attached hydrogens (tertiary/aromatic N) is 1. The summed E-state index contributed by atoms with van der Waals surface area (Å²) in [6, 6.07) is 4.03. The molecule has 2 nitrogen and oxygen atoms in total. The van der Waals surface area contributed by atoms with E-state index >= 15 is 0 Å². The Kier molecular flexibility index (Phi) is 3.96. The number of hydrogen-bond donors (Lipinski definition) is 1.